The zero-order valence-electron chi connectivity index (χ0n) is 29.9. The maximum Gasteiger partial charge on any atom is 0.375 e. The Kier molecular flexibility index (Phi) is 8.44. The molecule has 0 spiro atoms. The summed E-state index contributed by atoms with van der Waals surface area (Å²) in [5.74, 6) is 3.38. The molecule has 7 saturated carbocycles. The van der Waals surface area contributed by atoms with Crippen molar-refractivity contribution >= 4 is 34.6 Å². The molecule has 1 heterocycles. The largest absolute Gasteiger partial charge is 0.508 e. The van der Waals surface area contributed by atoms with Crippen LogP contribution in [0.2, 0.25) is 0 Å². The smallest absolute Gasteiger partial charge is 0.375 e. The Balaban J connectivity index is 1.02. The van der Waals surface area contributed by atoms with Gasteiger partial charge in [-0.25, -0.2) is 13.6 Å². The van der Waals surface area contributed by atoms with Gasteiger partial charge in [-0.3, -0.25) is 14.4 Å². The first-order chi connectivity index (χ1) is 24.7. The molecule has 8 aliphatic rings. The molecule has 8 atom stereocenters. The van der Waals surface area contributed by atoms with Gasteiger partial charge in [0.15, 0.2) is 18.0 Å². The van der Waals surface area contributed by atoms with Gasteiger partial charge in [0.1, 0.15) is 17.6 Å². The van der Waals surface area contributed by atoms with Crippen LogP contribution in [0, 0.1) is 63.6 Å². The number of aliphatic hydroxyl groups is 1. The van der Waals surface area contributed by atoms with E-state index in [1.807, 2.05) is 6.92 Å². The number of thioether (sulfide) groups is 1. The number of fused-ring (bicyclic) bond motifs is 5. The third kappa shape index (κ3) is 4.97. The number of ketones is 1. The molecule has 8 aliphatic carbocycles. The van der Waals surface area contributed by atoms with E-state index in [4.69, 9.17) is 13.9 Å². The molecule has 0 saturated heterocycles. The van der Waals surface area contributed by atoms with Crippen molar-refractivity contribution in [2.45, 2.75) is 102 Å². The topological polar surface area (TPSA) is 120 Å². The Morgan fingerprint density at radius 1 is 1.00 bits per heavy atom. The van der Waals surface area contributed by atoms with Gasteiger partial charge in [0, 0.05) is 23.3 Å². The third-order valence-electron chi connectivity index (χ3n) is 14.8. The number of furan rings is 1. The zero-order chi connectivity index (χ0) is 36.8. The fourth-order valence-corrected chi connectivity index (χ4v) is 13.7. The molecule has 9 rings (SSSR count). The molecule has 0 aliphatic heterocycles. The van der Waals surface area contributed by atoms with Crippen molar-refractivity contribution in [1.29, 1.82) is 0 Å². The summed E-state index contributed by atoms with van der Waals surface area (Å²) in [6.07, 6.45) is 8.08. The van der Waals surface area contributed by atoms with E-state index in [9.17, 15) is 24.3 Å². The summed E-state index contributed by atoms with van der Waals surface area (Å²) in [4.78, 5) is 54.8. The molecule has 1 aromatic heterocycles. The summed E-state index contributed by atoms with van der Waals surface area (Å²) in [6.45, 7) is 4.96. The number of hydrogen-bond acceptors (Lipinski definition) is 9. The third-order valence-corrected chi connectivity index (χ3v) is 15.6. The van der Waals surface area contributed by atoms with Gasteiger partial charge in [-0.1, -0.05) is 37.5 Å². The average molecular weight is 737 g/mol. The molecule has 7 fully saturated rings. The highest BCUT2D eigenvalue weighted by Crippen LogP contribution is 2.72. The van der Waals surface area contributed by atoms with E-state index < -0.39 is 68.7 Å². The molecule has 278 valence electrons. The molecule has 8 nitrogen and oxygen atoms in total. The van der Waals surface area contributed by atoms with E-state index >= 15 is 8.78 Å². The molecule has 0 aromatic carbocycles. The Bertz CT molecular complexity index is 1790. The molecule has 11 heteroatoms. The predicted octanol–water partition coefficient (Wildman–Crippen LogP) is 7.68. The number of aliphatic hydroxyl groups excluding tert-OH is 1. The van der Waals surface area contributed by atoms with Gasteiger partial charge in [0.2, 0.25) is 10.9 Å². The number of alkyl halides is 2. The lowest BCUT2D eigenvalue weighted by Gasteiger charge is -2.61. The van der Waals surface area contributed by atoms with Crippen LogP contribution in [0.5, 0.6) is 0 Å². The van der Waals surface area contributed by atoms with E-state index in [1.165, 1.54) is 50.7 Å². The van der Waals surface area contributed by atoms with Gasteiger partial charge >= 0.3 is 11.9 Å². The predicted molar refractivity (Wildman–Crippen MR) is 187 cm³/mol. The normalized spacial score (nSPS) is 43.9. The average Bonchev–Trinajstić information content (AvgIpc) is 3.70. The SMILES string of the molecule is C[C@@H]1C[C@H]2[C@@H]3C[C@H](F)C4=CC(O)=CC(=O)[C@]4(C)[C@@]3(F)CC[C@]2(C)[C@@]1(OC(=O)c1ccco1)C(=O)SCC#CCOC(=O)C12CC3CC(CC(C3)C1)C2. The molecule has 1 N–H and O–H groups in total. The first-order valence-corrected chi connectivity index (χ1v) is 19.7. The minimum absolute atomic E-state index is 0.0425. The number of carbonyl (C=O) groups excluding carboxylic acids is 4. The monoisotopic (exact) mass is 736 g/mol. The Morgan fingerprint density at radius 2 is 1.69 bits per heavy atom. The fraction of sp³-hybridized carbons (Fsp3) is 0.659. The lowest BCUT2D eigenvalue weighted by molar-refractivity contribution is -0.187. The van der Waals surface area contributed by atoms with Crippen LogP contribution >= 0.6 is 11.8 Å². The van der Waals surface area contributed by atoms with Crippen LogP contribution in [0.25, 0.3) is 0 Å². The second kappa shape index (κ2) is 12.3. The zero-order valence-corrected chi connectivity index (χ0v) is 30.7. The van der Waals surface area contributed by atoms with Crippen molar-refractivity contribution in [1.82, 2.24) is 0 Å². The van der Waals surface area contributed by atoms with E-state index in [0.717, 1.165) is 37.1 Å². The maximum atomic E-state index is 17.7. The van der Waals surface area contributed by atoms with E-state index in [2.05, 4.69) is 11.8 Å². The molecule has 1 aromatic rings. The van der Waals surface area contributed by atoms with Crippen LogP contribution in [-0.2, 0) is 23.9 Å². The summed E-state index contributed by atoms with van der Waals surface area (Å²) in [6, 6.07) is 2.98. The lowest BCUT2D eigenvalue weighted by atomic mass is 9.44. The van der Waals surface area contributed by atoms with Gasteiger partial charge in [0.05, 0.1) is 22.8 Å². The number of esters is 2. The quantitative estimate of drug-likeness (QED) is 0.232. The van der Waals surface area contributed by atoms with Crippen molar-refractivity contribution in [3.63, 3.8) is 0 Å². The Hall–Kier alpha value is -3.39. The highest BCUT2D eigenvalue weighted by atomic mass is 32.2. The fourth-order valence-electron chi connectivity index (χ4n) is 12.7. The van der Waals surface area contributed by atoms with Crippen LogP contribution in [-0.4, -0.2) is 57.7 Å². The first kappa shape index (κ1) is 35.6. The van der Waals surface area contributed by atoms with Crippen LogP contribution in [0.3, 0.4) is 0 Å². The summed E-state index contributed by atoms with van der Waals surface area (Å²) in [5.41, 5.74) is -7.28. The maximum absolute atomic E-state index is 17.7. The van der Waals surface area contributed by atoms with Crippen LogP contribution < -0.4 is 0 Å². The first-order valence-electron chi connectivity index (χ1n) is 18.7. The molecular weight excluding hydrogens is 691 g/mol. The van der Waals surface area contributed by atoms with Gasteiger partial charge < -0.3 is 19.0 Å². The number of hydrogen-bond donors (Lipinski definition) is 1. The van der Waals surface area contributed by atoms with Gasteiger partial charge in [-0.05, 0) is 119 Å². The van der Waals surface area contributed by atoms with Crippen LogP contribution in [0.1, 0.15) is 95.5 Å². The number of halogens is 2. The highest BCUT2D eigenvalue weighted by Gasteiger charge is 2.77. The Labute approximate surface area is 306 Å². The number of carbonyl (C=O) groups is 4. The van der Waals surface area contributed by atoms with Crippen molar-refractivity contribution in [3.05, 3.63) is 47.6 Å². The summed E-state index contributed by atoms with van der Waals surface area (Å²) in [5, 5.41) is 9.69. The van der Waals surface area contributed by atoms with Crippen molar-refractivity contribution in [2.24, 2.45) is 51.8 Å². The van der Waals surface area contributed by atoms with E-state index in [0.29, 0.717) is 17.8 Å². The number of rotatable bonds is 6. The second-order valence-corrected chi connectivity index (χ2v) is 18.2. The molecule has 0 amide bonds. The van der Waals surface area contributed by atoms with Crippen molar-refractivity contribution < 1.29 is 47.0 Å². The molecular formula is C41H46F2O8S. The van der Waals surface area contributed by atoms with Crippen LogP contribution in [0.4, 0.5) is 8.78 Å². The van der Waals surface area contributed by atoms with Crippen LogP contribution in [0.15, 0.2) is 46.3 Å². The molecule has 52 heavy (non-hydrogen) atoms. The minimum atomic E-state index is -2.16. The van der Waals surface area contributed by atoms with E-state index in [1.54, 1.807) is 6.92 Å². The Morgan fingerprint density at radius 3 is 2.35 bits per heavy atom. The van der Waals surface area contributed by atoms with Gasteiger partial charge in [0.25, 0.3) is 0 Å². The molecule has 0 unspecified atom stereocenters. The number of allylic oxidation sites excluding steroid dienone is 3. The van der Waals surface area contributed by atoms with E-state index in [-0.39, 0.29) is 60.8 Å². The summed E-state index contributed by atoms with van der Waals surface area (Å²) in [7, 11) is 0. The minimum Gasteiger partial charge on any atom is -0.508 e. The summed E-state index contributed by atoms with van der Waals surface area (Å²) < 4.78 is 51.1. The molecule has 4 bridgehead atoms. The standard InChI is InChI=1S/C41H46F2O8S/c1-23-13-28-29-19-31(42)30-17-27(44)18-33(45)38(30,3)40(29,43)9-8-37(28,2)41(23,51-34(46)32-7-6-11-49-32)36(48)52-12-5-4-10-50-35(47)39-20-24-14-25(21-39)16-26(15-24)22-39/h6-7,11,17-18,23-26,28-29,31,44H,8-10,12-16,19-22H2,1-3H3/t23-,24?,25?,26?,28+,29+,31+,37+,38-,39?,40-,41+/m1/s1. The summed E-state index contributed by atoms with van der Waals surface area (Å²) >= 11 is 0.896. The number of ether oxygens (including phenoxy) is 2. The lowest BCUT2D eigenvalue weighted by Crippen LogP contribution is -2.67. The van der Waals surface area contributed by atoms with Gasteiger partial charge in [-0.2, -0.15) is 0 Å². The molecule has 0 radical (unpaired) electrons. The van der Waals surface area contributed by atoms with Gasteiger partial charge in [-0.15, -0.1) is 0 Å². The van der Waals surface area contributed by atoms with Crippen molar-refractivity contribution in [3.8, 4) is 11.8 Å². The highest BCUT2D eigenvalue weighted by molar-refractivity contribution is 8.14. The second-order valence-electron chi connectivity index (χ2n) is 17.3. The van der Waals surface area contributed by atoms with Crippen molar-refractivity contribution in [2.75, 3.05) is 12.4 Å².